The van der Waals surface area contributed by atoms with Gasteiger partial charge in [-0.1, -0.05) is 0 Å². The zero-order valence-electron chi connectivity index (χ0n) is 14.5. The summed E-state index contributed by atoms with van der Waals surface area (Å²) in [5, 5.41) is 12.8. The van der Waals surface area contributed by atoms with E-state index in [4.69, 9.17) is 10.5 Å². The smallest absolute Gasteiger partial charge is 0.220 e. The minimum Gasteiger partial charge on any atom is -0.497 e. The molecule has 8 nitrogen and oxygen atoms in total. The minimum atomic E-state index is -0.217. The van der Waals surface area contributed by atoms with Crippen LogP contribution in [0.2, 0.25) is 0 Å². The fourth-order valence-electron chi connectivity index (χ4n) is 3.35. The van der Waals surface area contributed by atoms with Crippen molar-refractivity contribution in [1.82, 2.24) is 19.8 Å². The van der Waals surface area contributed by atoms with Gasteiger partial charge in [0.25, 0.3) is 0 Å². The van der Waals surface area contributed by atoms with Crippen LogP contribution in [0.1, 0.15) is 12.8 Å². The number of carbonyl (C=O) groups is 1. The maximum atomic E-state index is 11.4. The van der Waals surface area contributed by atoms with E-state index < -0.39 is 0 Å². The molecule has 0 bridgehead atoms. The van der Waals surface area contributed by atoms with E-state index in [0.717, 1.165) is 48.6 Å². The second-order valence-corrected chi connectivity index (χ2v) is 6.41. The van der Waals surface area contributed by atoms with Crippen LogP contribution < -0.4 is 15.4 Å². The third kappa shape index (κ3) is 2.94. The van der Waals surface area contributed by atoms with Crippen molar-refractivity contribution in [3.63, 3.8) is 0 Å². The highest BCUT2D eigenvalue weighted by molar-refractivity contribution is 5.78. The number of piperidine rings is 1. The lowest BCUT2D eigenvalue weighted by Crippen LogP contribution is -2.38. The van der Waals surface area contributed by atoms with Crippen LogP contribution in [-0.2, 0) is 4.79 Å². The molecule has 134 valence electrons. The monoisotopic (exact) mass is 352 g/mol. The molecule has 1 amide bonds. The van der Waals surface area contributed by atoms with Crippen molar-refractivity contribution in [2.24, 2.45) is 11.7 Å². The lowest BCUT2D eigenvalue weighted by Gasteiger charge is -2.32. The van der Waals surface area contributed by atoms with E-state index in [1.54, 1.807) is 18.0 Å². The number of hydrogen-bond acceptors (Lipinski definition) is 6. The van der Waals surface area contributed by atoms with Gasteiger partial charge in [0.05, 0.1) is 18.5 Å². The van der Waals surface area contributed by atoms with Crippen LogP contribution in [0.3, 0.4) is 0 Å². The molecular weight excluding hydrogens is 332 g/mol. The quantitative estimate of drug-likeness (QED) is 0.764. The standard InChI is InChI=1S/C18H20N6O2/c1-26-14-4-2-12(3-5-14)15-10-16(18-21-20-11-24(18)22-15)23-8-6-13(7-9-23)17(19)25/h2-5,10-11,13H,6-9H2,1H3,(H2,19,25). The molecule has 8 heteroatoms. The summed E-state index contributed by atoms with van der Waals surface area (Å²) >= 11 is 0. The van der Waals surface area contributed by atoms with E-state index in [-0.39, 0.29) is 11.8 Å². The molecule has 3 heterocycles. The highest BCUT2D eigenvalue weighted by atomic mass is 16.5. The number of carbonyl (C=O) groups excluding carboxylic acids is 1. The first-order chi connectivity index (χ1) is 12.7. The molecule has 0 aliphatic carbocycles. The molecule has 4 rings (SSSR count). The number of anilines is 1. The number of aromatic nitrogens is 4. The number of nitrogens with two attached hydrogens (primary N) is 1. The van der Waals surface area contributed by atoms with E-state index in [1.165, 1.54) is 0 Å². The molecule has 0 saturated carbocycles. The van der Waals surface area contributed by atoms with Crippen molar-refractivity contribution in [2.75, 3.05) is 25.1 Å². The van der Waals surface area contributed by atoms with Crippen LogP contribution >= 0.6 is 0 Å². The first-order valence-electron chi connectivity index (χ1n) is 8.55. The number of ether oxygens (including phenoxy) is 1. The molecule has 1 aliphatic rings. The fourth-order valence-corrected chi connectivity index (χ4v) is 3.35. The van der Waals surface area contributed by atoms with Gasteiger partial charge in [-0.25, -0.2) is 0 Å². The Kier molecular flexibility index (Phi) is 4.16. The van der Waals surface area contributed by atoms with Gasteiger partial charge in [0.2, 0.25) is 11.6 Å². The predicted octanol–water partition coefficient (Wildman–Crippen LogP) is 1.50. The van der Waals surface area contributed by atoms with Gasteiger partial charge in [0.15, 0.2) is 0 Å². The normalized spacial score (nSPS) is 15.3. The van der Waals surface area contributed by atoms with Gasteiger partial charge in [0.1, 0.15) is 12.1 Å². The average Bonchev–Trinajstić information content (AvgIpc) is 3.16. The molecule has 0 spiro atoms. The Hall–Kier alpha value is -3.16. The molecular formula is C18H20N6O2. The summed E-state index contributed by atoms with van der Waals surface area (Å²) in [6.45, 7) is 1.50. The Bertz CT molecular complexity index is 929. The van der Waals surface area contributed by atoms with E-state index in [9.17, 15) is 4.79 Å². The average molecular weight is 352 g/mol. The molecule has 26 heavy (non-hydrogen) atoms. The molecule has 3 aromatic rings. The second-order valence-electron chi connectivity index (χ2n) is 6.41. The Balaban J connectivity index is 1.70. The Labute approximate surface area is 150 Å². The summed E-state index contributed by atoms with van der Waals surface area (Å²) < 4.78 is 6.91. The molecule has 2 N–H and O–H groups in total. The number of fused-ring (bicyclic) bond motifs is 1. The van der Waals surface area contributed by atoms with Gasteiger partial charge in [-0.2, -0.15) is 9.61 Å². The topological polar surface area (TPSA) is 98.6 Å². The van der Waals surface area contributed by atoms with Gasteiger partial charge in [-0.05, 0) is 43.2 Å². The van der Waals surface area contributed by atoms with E-state index in [2.05, 4.69) is 20.2 Å². The number of primary amides is 1. The SMILES string of the molecule is COc1ccc(-c2cc(N3CCC(C(N)=O)CC3)c3nncn3n2)cc1. The number of hydrogen-bond donors (Lipinski definition) is 1. The van der Waals surface area contributed by atoms with Crippen molar-refractivity contribution in [3.8, 4) is 17.0 Å². The number of benzene rings is 1. The van der Waals surface area contributed by atoms with Crippen molar-refractivity contribution in [2.45, 2.75) is 12.8 Å². The zero-order valence-corrected chi connectivity index (χ0v) is 14.5. The van der Waals surface area contributed by atoms with Crippen molar-refractivity contribution >= 4 is 17.2 Å². The lowest BCUT2D eigenvalue weighted by molar-refractivity contribution is -0.122. The Morgan fingerprint density at radius 1 is 1.23 bits per heavy atom. The van der Waals surface area contributed by atoms with Crippen molar-refractivity contribution in [3.05, 3.63) is 36.7 Å². The van der Waals surface area contributed by atoms with Crippen molar-refractivity contribution in [1.29, 1.82) is 0 Å². The molecule has 1 saturated heterocycles. The fraction of sp³-hybridized carbons (Fsp3) is 0.333. The summed E-state index contributed by atoms with van der Waals surface area (Å²) in [7, 11) is 1.64. The highest BCUT2D eigenvalue weighted by Gasteiger charge is 2.25. The Morgan fingerprint density at radius 2 is 1.96 bits per heavy atom. The van der Waals surface area contributed by atoms with Crippen molar-refractivity contribution < 1.29 is 9.53 Å². The first-order valence-corrected chi connectivity index (χ1v) is 8.55. The van der Waals surface area contributed by atoms with E-state index in [0.29, 0.717) is 5.65 Å². The highest BCUT2D eigenvalue weighted by Crippen LogP contribution is 2.30. The zero-order chi connectivity index (χ0) is 18.1. The summed E-state index contributed by atoms with van der Waals surface area (Å²) in [5.74, 6) is 0.529. The molecule has 1 fully saturated rings. The summed E-state index contributed by atoms with van der Waals surface area (Å²) in [5.41, 5.74) is 8.92. The Morgan fingerprint density at radius 3 is 2.62 bits per heavy atom. The lowest BCUT2D eigenvalue weighted by atomic mass is 9.96. The van der Waals surface area contributed by atoms with Crippen LogP contribution in [0.5, 0.6) is 5.75 Å². The van der Waals surface area contributed by atoms with Crippen LogP contribution in [0.25, 0.3) is 16.9 Å². The first kappa shape index (κ1) is 16.3. The van der Waals surface area contributed by atoms with Gasteiger partial charge < -0.3 is 15.4 Å². The van der Waals surface area contributed by atoms with Gasteiger partial charge in [-0.3, -0.25) is 4.79 Å². The third-order valence-corrected chi connectivity index (χ3v) is 4.87. The molecule has 0 unspecified atom stereocenters. The largest absolute Gasteiger partial charge is 0.497 e. The van der Waals surface area contributed by atoms with E-state index >= 15 is 0 Å². The van der Waals surface area contributed by atoms with Gasteiger partial charge >= 0.3 is 0 Å². The number of rotatable bonds is 4. The molecule has 1 aliphatic heterocycles. The van der Waals surface area contributed by atoms with Gasteiger partial charge in [0, 0.05) is 24.6 Å². The third-order valence-electron chi connectivity index (χ3n) is 4.87. The minimum absolute atomic E-state index is 0.0527. The molecule has 0 radical (unpaired) electrons. The molecule has 0 atom stereocenters. The molecule has 1 aromatic carbocycles. The predicted molar refractivity (Wildman–Crippen MR) is 96.9 cm³/mol. The number of nitrogens with zero attached hydrogens (tertiary/aromatic N) is 5. The van der Waals surface area contributed by atoms with Crippen LogP contribution in [-0.4, -0.2) is 45.9 Å². The van der Waals surface area contributed by atoms with Crippen LogP contribution in [0, 0.1) is 5.92 Å². The number of methoxy groups -OCH3 is 1. The summed E-state index contributed by atoms with van der Waals surface area (Å²) in [6, 6.07) is 9.79. The number of amides is 1. The maximum absolute atomic E-state index is 11.4. The van der Waals surface area contributed by atoms with Gasteiger partial charge in [-0.15, -0.1) is 10.2 Å². The summed E-state index contributed by atoms with van der Waals surface area (Å²) in [4.78, 5) is 13.6. The maximum Gasteiger partial charge on any atom is 0.220 e. The van der Waals surface area contributed by atoms with Crippen LogP contribution in [0.4, 0.5) is 5.69 Å². The van der Waals surface area contributed by atoms with Crippen LogP contribution in [0.15, 0.2) is 36.7 Å². The second kappa shape index (κ2) is 6.62. The summed E-state index contributed by atoms with van der Waals surface area (Å²) in [6.07, 6.45) is 3.09. The van der Waals surface area contributed by atoms with E-state index in [1.807, 2.05) is 30.3 Å². The molecule has 2 aromatic heterocycles.